The summed E-state index contributed by atoms with van der Waals surface area (Å²) in [5.41, 5.74) is 1.63. The Morgan fingerprint density at radius 2 is 2.03 bits per heavy atom. The lowest BCUT2D eigenvalue weighted by Gasteiger charge is -2.59. The fourth-order valence-electron chi connectivity index (χ4n) is 6.51. The third kappa shape index (κ3) is 2.30. The van der Waals surface area contributed by atoms with E-state index < -0.39 is 22.9 Å². The van der Waals surface area contributed by atoms with Gasteiger partial charge < -0.3 is 14.7 Å². The molecule has 3 aliphatic carbocycles. The van der Waals surface area contributed by atoms with Crippen LogP contribution in [-0.2, 0) is 14.9 Å². The van der Waals surface area contributed by atoms with Gasteiger partial charge in [0.1, 0.15) is 0 Å². The van der Waals surface area contributed by atoms with Crippen molar-refractivity contribution in [2.24, 2.45) is 11.3 Å². The van der Waals surface area contributed by atoms with Gasteiger partial charge in [0.05, 0.1) is 11.7 Å². The van der Waals surface area contributed by atoms with E-state index >= 15 is 0 Å². The largest absolute Gasteiger partial charge is 0.481 e. The van der Waals surface area contributed by atoms with Gasteiger partial charge >= 0.3 is 12.1 Å². The summed E-state index contributed by atoms with van der Waals surface area (Å²) in [5.74, 6) is -1.29. The molecule has 4 atom stereocenters. The summed E-state index contributed by atoms with van der Waals surface area (Å²) in [6, 6.07) is 15.9. The molecule has 154 valence electrons. The van der Waals surface area contributed by atoms with Gasteiger partial charge in [-0.25, -0.2) is 4.79 Å². The molecule has 6 rings (SSSR count). The first-order chi connectivity index (χ1) is 14.4. The zero-order valence-electron chi connectivity index (χ0n) is 16.4. The molecule has 6 heteroatoms. The molecular weight excluding hydrogens is 402 g/mol. The molecule has 2 bridgehead atoms. The van der Waals surface area contributed by atoms with Crippen molar-refractivity contribution in [2.45, 2.75) is 24.2 Å². The zero-order valence-corrected chi connectivity index (χ0v) is 17.1. The minimum atomic E-state index is -1.07. The highest BCUT2D eigenvalue weighted by atomic mass is 35.5. The second-order valence-electron chi connectivity index (χ2n) is 8.49. The third-order valence-electron chi connectivity index (χ3n) is 7.52. The van der Waals surface area contributed by atoms with Crippen LogP contribution in [0.3, 0.4) is 0 Å². The van der Waals surface area contributed by atoms with Crippen LogP contribution in [-0.4, -0.2) is 35.2 Å². The van der Waals surface area contributed by atoms with Crippen LogP contribution in [0.2, 0.25) is 5.02 Å². The highest BCUT2D eigenvalue weighted by Crippen LogP contribution is 2.69. The number of likely N-dealkylation sites (tertiary alicyclic amines) is 1. The Labute approximate surface area is 179 Å². The lowest BCUT2D eigenvalue weighted by atomic mass is 9.42. The monoisotopic (exact) mass is 423 g/mol. The average Bonchev–Trinajstić information content (AvgIpc) is 3.18. The summed E-state index contributed by atoms with van der Waals surface area (Å²) < 4.78 is 5.02. The predicted octanol–water partition coefficient (Wildman–Crippen LogP) is 4.80. The van der Waals surface area contributed by atoms with Gasteiger partial charge in [-0.2, -0.15) is 0 Å². The first-order valence-electron chi connectivity index (χ1n) is 10.1. The Balaban J connectivity index is 1.78. The highest BCUT2D eigenvalue weighted by Gasteiger charge is 2.71. The van der Waals surface area contributed by atoms with Gasteiger partial charge in [-0.1, -0.05) is 54.6 Å². The maximum absolute atomic E-state index is 12.9. The molecule has 4 unspecified atom stereocenters. The topological polar surface area (TPSA) is 66.8 Å². The Morgan fingerprint density at radius 1 is 1.23 bits per heavy atom. The van der Waals surface area contributed by atoms with E-state index in [9.17, 15) is 14.7 Å². The van der Waals surface area contributed by atoms with Crippen molar-refractivity contribution < 1.29 is 19.4 Å². The van der Waals surface area contributed by atoms with Crippen LogP contribution >= 0.6 is 11.6 Å². The summed E-state index contributed by atoms with van der Waals surface area (Å²) in [7, 11) is 0. The number of hydrogen-bond donors (Lipinski definition) is 1. The standard InChI is InChI=1S/C24H22ClNO4/c1-2-30-22(29)26-13-20-23(15-6-5-7-16(25)12-15)11-10-19(24(20,14-26)21(27)28)17-8-3-4-9-18(17)23/h2-9,12,19-20H,1,10-11,13-14H2,(H,27,28). The molecule has 0 spiro atoms. The number of halogens is 1. The smallest absolute Gasteiger partial charge is 0.414 e. The van der Waals surface area contributed by atoms with E-state index in [1.807, 2.05) is 42.5 Å². The molecule has 1 N–H and O–H groups in total. The van der Waals surface area contributed by atoms with E-state index in [4.69, 9.17) is 16.3 Å². The second kappa shape index (κ2) is 6.61. The van der Waals surface area contributed by atoms with Crippen LogP contribution in [0, 0.1) is 11.3 Å². The van der Waals surface area contributed by atoms with Gasteiger partial charge in [-0.15, -0.1) is 0 Å². The molecule has 2 fully saturated rings. The number of aliphatic carboxylic acids is 1. The van der Waals surface area contributed by atoms with Crippen molar-refractivity contribution in [2.75, 3.05) is 13.1 Å². The lowest BCUT2D eigenvalue weighted by Crippen LogP contribution is -2.60. The molecule has 1 saturated heterocycles. The van der Waals surface area contributed by atoms with Crippen LogP contribution in [0.5, 0.6) is 0 Å². The maximum Gasteiger partial charge on any atom is 0.414 e. The molecule has 4 aliphatic rings. The zero-order chi connectivity index (χ0) is 21.1. The number of nitrogens with zero attached hydrogens (tertiary/aromatic N) is 1. The summed E-state index contributed by atoms with van der Waals surface area (Å²) in [4.78, 5) is 27.0. The molecule has 1 aliphatic heterocycles. The number of benzene rings is 2. The quantitative estimate of drug-likeness (QED) is 0.720. The van der Waals surface area contributed by atoms with Crippen molar-refractivity contribution in [3.8, 4) is 0 Å². The van der Waals surface area contributed by atoms with Gasteiger partial charge in [0.2, 0.25) is 0 Å². The van der Waals surface area contributed by atoms with Crippen LogP contribution in [0.4, 0.5) is 4.79 Å². The Bertz CT molecular complexity index is 1070. The molecule has 2 aromatic carbocycles. The average molecular weight is 424 g/mol. The molecule has 1 heterocycles. The Morgan fingerprint density at radius 3 is 2.77 bits per heavy atom. The van der Waals surface area contributed by atoms with E-state index in [2.05, 4.69) is 12.6 Å². The number of hydrogen-bond acceptors (Lipinski definition) is 3. The number of carbonyl (C=O) groups excluding carboxylic acids is 1. The lowest BCUT2D eigenvalue weighted by molar-refractivity contribution is -0.157. The predicted molar refractivity (Wildman–Crippen MR) is 112 cm³/mol. The van der Waals surface area contributed by atoms with Crippen molar-refractivity contribution >= 4 is 23.7 Å². The first kappa shape index (κ1) is 19.2. The fourth-order valence-corrected chi connectivity index (χ4v) is 6.70. The maximum atomic E-state index is 12.9. The molecule has 1 amide bonds. The number of amides is 1. The highest BCUT2D eigenvalue weighted by molar-refractivity contribution is 6.30. The number of carboxylic acids is 1. The number of carboxylic acid groups (broad SMARTS) is 1. The molecule has 0 radical (unpaired) electrons. The SMILES string of the molecule is C=COC(=O)N1CC2C3(c4cccc(Cl)c4)CCC(c4ccccc43)C2(C(=O)O)C1. The molecule has 2 aromatic rings. The molecule has 1 saturated carbocycles. The van der Waals surface area contributed by atoms with Gasteiger partial charge in [-0.05, 0) is 41.7 Å². The summed E-state index contributed by atoms with van der Waals surface area (Å²) >= 11 is 6.37. The van der Waals surface area contributed by atoms with Gasteiger partial charge in [-0.3, -0.25) is 4.79 Å². The van der Waals surface area contributed by atoms with Crippen LogP contribution in [0.15, 0.2) is 61.4 Å². The van der Waals surface area contributed by atoms with E-state index in [-0.39, 0.29) is 18.4 Å². The number of ether oxygens (including phenoxy) is 1. The number of carbonyl (C=O) groups is 2. The van der Waals surface area contributed by atoms with Crippen LogP contribution < -0.4 is 0 Å². The van der Waals surface area contributed by atoms with E-state index in [1.54, 1.807) is 0 Å². The number of fused-ring (bicyclic) bond motifs is 1. The third-order valence-corrected chi connectivity index (χ3v) is 7.75. The van der Waals surface area contributed by atoms with E-state index in [1.165, 1.54) is 4.90 Å². The minimum absolute atomic E-state index is 0.126. The van der Waals surface area contributed by atoms with Gasteiger partial charge in [0.15, 0.2) is 0 Å². The van der Waals surface area contributed by atoms with Gasteiger partial charge in [0.25, 0.3) is 0 Å². The van der Waals surface area contributed by atoms with Gasteiger partial charge in [0, 0.05) is 35.4 Å². The van der Waals surface area contributed by atoms with Crippen molar-refractivity contribution in [1.82, 2.24) is 4.90 Å². The van der Waals surface area contributed by atoms with Crippen molar-refractivity contribution in [1.29, 1.82) is 0 Å². The second-order valence-corrected chi connectivity index (χ2v) is 8.93. The summed E-state index contributed by atoms with van der Waals surface area (Å²) in [6.45, 7) is 3.90. The minimum Gasteiger partial charge on any atom is -0.481 e. The van der Waals surface area contributed by atoms with E-state index in [0.29, 0.717) is 11.6 Å². The molecule has 5 nitrogen and oxygen atoms in total. The van der Waals surface area contributed by atoms with Crippen molar-refractivity contribution in [3.05, 3.63) is 83.1 Å². The first-order valence-corrected chi connectivity index (χ1v) is 10.5. The van der Waals surface area contributed by atoms with Crippen LogP contribution in [0.25, 0.3) is 0 Å². The van der Waals surface area contributed by atoms with E-state index in [0.717, 1.165) is 35.8 Å². The molecular formula is C24H22ClNO4. The molecule has 0 aromatic heterocycles. The van der Waals surface area contributed by atoms with Crippen molar-refractivity contribution in [3.63, 3.8) is 0 Å². The fraction of sp³-hybridized carbons (Fsp3) is 0.333. The normalized spacial score (nSPS) is 31.0. The Hall–Kier alpha value is -2.79. The summed E-state index contributed by atoms with van der Waals surface area (Å²) in [5, 5.41) is 11.2. The summed E-state index contributed by atoms with van der Waals surface area (Å²) in [6.07, 6.45) is 2.11. The molecule has 30 heavy (non-hydrogen) atoms. The number of rotatable bonds is 3. The Kier molecular flexibility index (Phi) is 4.23. The van der Waals surface area contributed by atoms with Crippen LogP contribution in [0.1, 0.15) is 35.4 Å².